The number of nitrogens with two attached hydrogens (primary N) is 1. The molecule has 4 rings (SSSR count). The number of alkyl halides is 3. The van der Waals surface area contributed by atoms with Gasteiger partial charge in [-0.1, -0.05) is 35.9 Å². The largest absolute Gasteiger partial charge is 0.435 e. The van der Waals surface area contributed by atoms with Crippen LogP contribution in [-0.2, 0) is 11.0 Å². The molecule has 0 unspecified atom stereocenters. The second kappa shape index (κ2) is 9.05. The summed E-state index contributed by atoms with van der Waals surface area (Å²) in [5, 5.41) is 8.12. The van der Waals surface area contributed by atoms with Crippen molar-refractivity contribution in [3.63, 3.8) is 0 Å². The first-order valence-electron chi connectivity index (χ1n) is 9.41. The van der Waals surface area contributed by atoms with Gasteiger partial charge in [-0.05, 0) is 44.9 Å². The van der Waals surface area contributed by atoms with Gasteiger partial charge in [0.15, 0.2) is 11.5 Å². The lowest BCUT2D eigenvalue weighted by molar-refractivity contribution is -0.141. The standard InChI is InChI=1S/C21H13BrClF3N6O2/c22-17-12-5-2-1-4-11(12)8-14(31(27)10-33)18(17)29-20(34)15-9-16(21(24,25)26)30-32(15)19-13(23)6-3-7-28-19/h1-10H,27H2,(H,29,34). The number of hydrogen-bond donors (Lipinski definition) is 2. The minimum absolute atomic E-state index is 0.0185. The van der Waals surface area contributed by atoms with Gasteiger partial charge in [-0.2, -0.15) is 18.3 Å². The maximum absolute atomic E-state index is 13.4. The SMILES string of the molecule is NN(C=O)c1cc2ccccc2c(Br)c1NC(=O)c1cc(C(F)(F)F)nn1-c1ncccc1Cl. The number of fused-ring (bicyclic) bond motifs is 1. The molecule has 4 aromatic rings. The van der Waals surface area contributed by atoms with Crippen LogP contribution in [0.15, 0.2) is 59.2 Å². The highest BCUT2D eigenvalue weighted by Crippen LogP contribution is 2.39. The molecular weight excluding hydrogens is 541 g/mol. The Morgan fingerprint density at radius 3 is 2.62 bits per heavy atom. The van der Waals surface area contributed by atoms with E-state index >= 15 is 0 Å². The van der Waals surface area contributed by atoms with Gasteiger partial charge in [-0.15, -0.1) is 0 Å². The molecule has 0 saturated carbocycles. The van der Waals surface area contributed by atoms with E-state index in [9.17, 15) is 22.8 Å². The van der Waals surface area contributed by atoms with Crippen LogP contribution in [0, 0.1) is 0 Å². The second-order valence-corrected chi connectivity index (χ2v) is 8.11. The highest BCUT2D eigenvalue weighted by molar-refractivity contribution is 9.10. The number of carbonyl (C=O) groups is 2. The first-order chi connectivity index (χ1) is 16.1. The number of nitrogens with zero attached hydrogens (tertiary/aromatic N) is 4. The molecule has 0 aliphatic rings. The van der Waals surface area contributed by atoms with E-state index < -0.39 is 23.5 Å². The van der Waals surface area contributed by atoms with Gasteiger partial charge in [0.2, 0.25) is 6.41 Å². The second-order valence-electron chi connectivity index (χ2n) is 6.91. The molecule has 2 aromatic heterocycles. The van der Waals surface area contributed by atoms with Crippen molar-refractivity contribution in [2.24, 2.45) is 5.84 Å². The van der Waals surface area contributed by atoms with Gasteiger partial charge in [0, 0.05) is 12.3 Å². The van der Waals surface area contributed by atoms with Crippen LogP contribution in [0.25, 0.3) is 16.6 Å². The van der Waals surface area contributed by atoms with Gasteiger partial charge < -0.3 is 5.32 Å². The molecule has 0 spiro atoms. The van der Waals surface area contributed by atoms with Crippen molar-refractivity contribution in [1.29, 1.82) is 0 Å². The van der Waals surface area contributed by atoms with Crippen molar-refractivity contribution >= 4 is 62.0 Å². The maximum Gasteiger partial charge on any atom is 0.435 e. The Balaban J connectivity index is 1.87. The molecule has 34 heavy (non-hydrogen) atoms. The Kier molecular flexibility index (Phi) is 6.30. The number of pyridine rings is 1. The van der Waals surface area contributed by atoms with E-state index in [-0.39, 0.29) is 22.2 Å². The predicted molar refractivity (Wildman–Crippen MR) is 124 cm³/mol. The number of hydrazine groups is 1. The zero-order valence-corrected chi connectivity index (χ0v) is 19.2. The van der Waals surface area contributed by atoms with Crippen molar-refractivity contribution in [3.05, 3.63) is 75.6 Å². The lowest BCUT2D eigenvalue weighted by Gasteiger charge is -2.19. The van der Waals surface area contributed by atoms with E-state index in [1.807, 2.05) is 0 Å². The van der Waals surface area contributed by atoms with Crippen LogP contribution in [0.1, 0.15) is 16.2 Å². The smallest absolute Gasteiger partial charge is 0.318 e. The van der Waals surface area contributed by atoms with Crippen molar-refractivity contribution in [1.82, 2.24) is 14.8 Å². The lowest BCUT2D eigenvalue weighted by Crippen LogP contribution is -2.30. The van der Waals surface area contributed by atoms with Gasteiger partial charge in [0.05, 0.1) is 20.9 Å². The number of anilines is 2. The quantitative estimate of drug-likeness (QED) is 0.158. The number of hydrogen-bond acceptors (Lipinski definition) is 5. The number of halogens is 5. The Labute approximate surface area is 203 Å². The molecule has 0 bridgehead atoms. The zero-order chi connectivity index (χ0) is 24.6. The van der Waals surface area contributed by atoms with Gasteiger partial charge in [0.25, 0.3) is 5.91 Å². The molecular formula is C21H13BrClF3N6O2. The average molecular weight is 554 g/mol. The summed E-state index contributed by atoms with van der Waals surface area (Å²) in [6.07, 6.45) is -3.21. The van der Waals surface area contributed by atoms with Crippen molar-refractivity contribution in [2.75, 3.05) is 10.3 Å². The first-order valence-corrected chi connectivity index (χ1v) is 10.6. The predicted octanol–water partition coefficient (Wildman–Crippen LogP) is 4.94. The fraction of sp³-hybridized carbons (Fsp3) is 0.0476. The van der Waals surface area contributed by atoms with E-state index in [1.165, 1.54) is 18.3 Å². The van der Waals surface area contributed by atoms with Crippen molar-refractivity contribution in [3.8, 4) is 5.82 Å². The molecule has 2 amide bonds. The fourth-order valence-corrected chi connectivity index (χ4v) is 4.09. The number of amides is 2. The number of aromatic nitrogens is 3. The Bertz CT molecular complexity index is 1430. The van der Waals surface area contributed by atoms with Crippen LogP contribution in [0.3, 0.4) is 0 Å². The number of rotatable bonds is 5. The van der Waals surface area contributed by atoms with Crippen LogP contribution in [0.2, 0.25) is 5.02 Å². The summed E-state index contributed by atoms with van der Waals surface area (Å²) in [4.78, 5) is 28.5. The minimum atomic E-state index is -4.83. The van der Waals surface area contributed by atoms with Crippen LogP contribution in [0.5, 0.6) is 0 Å². The summed E-state index contributed by atoms with van der Waals surface area (Å²) in [5.41, 5.74) is -1.64. The topological polar surface area (TPSA) is 106 Å². The van der Waals surface area contributed by atoms with E-state index in [4.69, 9.17) is 17.4 Å². The zero-order valence-electron chi connectivity index (χ0n) is 16.8. The van der Waals surface area contributed by atoms with E-state index in [0.29, 0.717) is 32.4 Å². The average Bonchev–Trinajstić information content (AvgIpc) is 3.26. The molecule has 2 heterocycles. The fourth-order valence-electron chi connectivity index (χ4n) is 3.22. The van der Waals surface area contributed by atoms with E-state index in [0.717, 1.165) is 5.01 Å². The number of benzene rings is 2. The van der Waals surface area contributed by atoms with Crippen molar-refractivity contribution in [2.45, 2.75) is 6.18 Å². The molecule has 174 valence electrons. The summed E-state index contributed by atoms with van der Waals surface area (Å²) in [7, 11) is 0. The number of carbonyl (C=O) groups excluding carboxylic acids is 2. The lowest BCUT2D eigenvalue weighted by atomic mass is 10.1. The Morgan fingerprint density at radius 2 is 1.94 bits per heavy atom. The molecule has 0 radical (unpaired) electrons. The highest BCUT2D eigenvalue weighted by atomic mass is 79.9. The molecule has 13 heteroatoms. The summed E-state index contributed by atoms with van der Waals surface area (Å²) >= 11 is 9.48. The molecule has 8 nitrogen and oxygen atoms in total. The maximum atomic E-state index is 13.4. The molecule has 2 aromatic carbocycles. The molecule has 0 saturated heterocycles. The third-order valence-electron chi connectivity index (χ3n) is 4.77. The van der Waals surface area contributed by atoms with Crippen LogP contribution < -0.4 is 16.2 Å². The molecule has 3 N–H and O–H groups in total. The first kappa shape index (κ1) is 23.7. The summed E-state index contributed by atoms with van der Waals surface area (Å²) < 4.78 is 41.3. The third-order valence-corrected chi connectivity index (χ3v) is 5.89. The highest BCUT2D eigenvalue weighted by Gasteiger charge is 2.37. The van der Waals surface area contributed by atoms with E-state index in [1.54, 1.807) is 30.3 Å². The van der Waals surface area contributed by atoms with Gasteiger partial charge in [-0.25, -0.2) is 20.5 Å². The monoisotopic (exact) mass is 552 g/mol. The van der Waals surface area contributed by atoms with Crippen LogP contribution in [0.4, 0.5) is 24.5 Å². The minimum Gasteiger partial charge on any atom is -0.318 e. The molecule has 0 atom stereocenters. The molecule has 0 aliphatic carbocycles. The van der Waals surface area contributed by atoms with Gasteiger partial charge in [0.1, 0.15) is 5.69 Å². The Morgan fingerprint density at radius 1 is 1.21 bits per heavy atom. The summed E-state index contributed by atoms with van der Waals surface area (Å²) in [5.74, 6) is 4.63. The van der Waals surface area contributed by atoms with Crippen molar-refractivity contribution < 1.29 is 22.8 Å². The van der Waals surface area contributed by atoms with Gasteiger partial charge in [-0.3, -0.25) is 9.59 Å². The summed E-state index contributed by atoms with van der Waals surface area (Å²) in [6.45, 7) is 0. The van der Waals surface area contributed by atoms with Gasteiger partial charge >= 0.3 is 6.18 Å². The van der Waals surface area contributed by atoms with E-state index in [2.05, 4.69) is 31.3 Å². The normalized spacial score (nSPS) is 11.5. The van der Waals surface area contributed by atoms with Crippen LogP contribution >= 0.6 is 27.5 Å². The molecule has 0 fully saturated rings. The summed E-state index contributed by atoms with van der Waals surface area (Å²) in [6, 6.07) is 12.1. The Hall–Kier alpha value is -3.48. The van der Waals surface area contributed by atoms with Crippen LogP contribution in [-0.4, -0.2) is 27.1 Å². The third kappa shape index (κ3) is 4.34. The molecule has 0 aliphatic heterocycles. The number of nitrogens with one attached hydrogen (secondary N) is 1.